The van der Waals surface area contributed by atoms with Crippen molar-refractivity contribution in [1.29, 1.82) is 0 Å². The predicted octanol–water partition coefficient (Wildman–Crippen LogP) is 2.46. The summed E-state index contributed by atoms with van der Waals surface area (Å²) in [6.45, 7) is 1.87. The zero-order valence-electron chi connectivity index (χ0n) is 14.0. The number of fused-ring (bicyclic) bond motifs is 3. The van der Waals surface area contributed by atoms with Gasteiger partial charge in [-0.2, -0.15) is 0 Å². The average molecular weight is 351 g/mol. The van der Waals surface area contributed by atoms with Crippen LogP contribution in [0.4, 0.5) is 5.95 Å². The Hall–Kier alpha value is -3.35. The second-order valence-electron chi connectivity index (χ2n) is 6.05. The number of carbonyl (C=O) groups is 2. The van der Waals surface area contributed by atoms with Crippen LogP contribution in [0.3, 0.4) is 0 Å². The quantitative estimate of drug-likeness (QED) is 0.558. The van der Waals surface area contributed by atoms with Gasteiger partial charge < -0.3 is 14.4 Å². The number of para-hydroxylation sites is 2. The van der Waals surface area contributed by atoms with Gasteiger partial charge in [0.1, 0.15) is 5.75 Å². The number of hydrogen-bond donors (Lipinski definition) is 2. The fourth-order valence-corrected chi connectivity index (χ4v) is 3.41. The van der Waals surface area contributed by atoms with Crippen molar-refractivity contribution in [3.05, 3.63) is 54.1 Å². The summed E-state index contributed by atoms with van der Waals surface area (Å²) in [6, 6.07) is 13.3. The number of carbonyl (C=O) groups excluding carboxylic acids is 2. The first-order valence-corrected chi connectivity index (χ1v) is 8.33. The molecule has 4 rings (SSSR count). The smallest absolute Gasteiger partial charge is 0.321 e. The number of anilines is 1. The van der Waals surface area contributed by atoms with Crippen LogP contribution < -0.4 is 5.32 Å². The third kappa shape index (κ3) is 2.48. The molecule has 0 saturated heterocycles. The molecule has 0 saturated carbocycles. The maximum absolute atomic E-state index is 12.7. The van der Waals surface area contributed by atoms with E-state index in [1.54, 1.807) is 31.2 Å². The predicted molar refractivity (Wildman–Crippen MR) is 94.7 cm³/mol. The Labute approximate surface area is 149 Å². The maximum atomic E-state index is 12.7. The standard InChI is InChI=1S/C19H17N3O4/c1-2-26-18(25)15-16(11-6-5-7-12(23)10-11)22-14-9-4-3-8-13(14)20-19(22)21-17(15)24/h3-10,15-16,23H,2H2,1H3,(H,20,21,24). The second kappa shape index (κ2) is 6.18. The molecule has 7 heteroatoms. The lowest BCUT2D eigenvalue weighted by Gasteiger charge is -2.32. The third-order valence-electron chi connectivity index (χ3n) is 4.46. The van der Waals surface area contributed by atoms with Gasteiger partial charge in [-0.05, 0) is 36.8 Å². The number of amides is 1. The van der Waals surface area contributed by atoms with Crippen LogP contribution in [0.2, 0.25) is 0 Å². The Kier molecular flexibility index (Phi) is 3.84. The van der Waals surface area contributed by atoms with E-state index < -0.39 is 23.8 Å². The number of rotatable bonds is 3. The molecular formula is C19H17N3O4. The lowest BCUT2D eigenvalue weighted by molar-refractivity contribution is -0.152. The number of nitrogens with one attached hydrogen (secondary N) is 1. The highest BCUT2D eigenvalue weighted by atomic mass is 16.5. The molecule has 2 heterocycles. The summed E-state index contributed by atoms with van der Waals surface area (Å²) in [4.78, 5) is 29.7. The molecule has 0 fully saturated rings. The Bertz CT molecular complexity index is 1010. The van der Waals surface area contributed by atoms with Gasteiger partial charge in [-0.25, -0.2) is 4.98 Å². The molecule has 7 nitrogen and oxygen atoms in total. The molecule has 1 amide bonds. The minimum absolute atomic E-state index is 0.0575. The Morgan fingerprint density at radius 3 is 2.85 bits per heavy atom. The number of benzene rings is 2. The number of ether oxygens (including phenoxy) is 1. The number of esters is 1. The molecule has 132 valence electrons. The van der Waals surface area contributed by atoms with Crippen molar-refractivity contribution >= 4 is 28.9 Å². The van der Waals surface area contributed by atoms with Crippen molar-refractivity contribution in [2.45, 2.75) is 13.0 Å². The molecule has 3 aromatic rings. The lowest BCUT2D eigenvalue weighted by Crippen LogP contribution is -2.43. The van der Waals surface area contributed by atoms with Gasteiger partial charge in [0.05, 0.1) is 23.7 Å². The molecule has 2 unspecified atom stereocenters. The van der Waals surface area contributed by atoms with Crippen LogP contribution in [0.15, 0.2) is 48.5 Å². The van der Waals surface area contributed by atoms with Gasteiger partial charge in [0.15, 0.2) is 5.92 Å². The van der Waals surface area contributed by atoms with Gasteiger partial charge in [-0.15, -0.1) is 0 Å². The monoisotopic (exact) mass is 351 g/mol. The topological polar surface area (TPSA) is 93.5 Å². The van der Waals surface area contributed by atoms with Crippen LogP contribution in [0, 0.1) is 5.92 Å². The van der Waals surface area contributed by atoms with Gasteiger partial charge in [0, 0.05) is 0 Å². The molecule has 1 aromatic heterocycles. The first-order valence-electron chi connectivity index (χ1n) is 8.33. The molecule has 1 aliphatic heterocycles. The summed E-state index contributed by atoms with van der Waals surface area (Å²) in [5, 5.41) is 12.6. The van der Waals surface area contributed by atoms with Crippen molar-refractivity contribution < 1.29 is 19.4 Å². The van der Waals surface area contributed by atoms with E-state index in [9.17, 15) is 14.7 Å². The van der Waals surface area contributed by atoms with E-state index in [0.717, 1.165) is 5.52 Å². The number of hydrogen-bond acceptors (Lipinski definition) is 5. The maximum Gasteiger partial charge on any atom is 0.321 e. The summed E-state index contributed by atoms with van der Waals surface area (Å²) in [7, 11) is 0. The molecule has 0 aliphatic carbocycles. The van der Waals surface area contributed by atoms with Gasteiger partial charge >= 0.3 is 5.97 Å². The zero-order chi connectivity index (χ0) is 18.3. The van der Waals surface area contributed by atoms with Crippen molar-refractivity contribution in [2.24, 2.45) is 5.92 Å². The summed E-state index contributed by atoms with van der Waals surface area (Å²) in [6.07, 6.45) is 0. The first kappa shape index (κ1) is 16.1. The van der Waals surface area contributed by atoms with E-state index in [1.165, 1.54) is 0 Å². The van der Waals surface area contributed by atoms with Gasteiger partial charge in [-0.3, -0.25) is 14.9 Å². The molecular weight excluding hydrogens is 334 g/mol. The SMILES string of the molecule is CCOC(=O)C1C(=O)Nc2nc3ccccc3n2C1c1cccc(O)c1. The van der Waals surface area contributed by atoms with Gasteiger partial charge in [-0.1, -0.05) is 24.3 Å². The average Bonchev–Trinajstić information content (AvgIpc) is 2.98. The molecule has 2 atom stereocenters. The second-order valence-corrected chi connectivity index (χ2v) is 6.05. The molecule has 2 aromatic carbocycles. The first-order chi connectivity index (χ1) is 12.6. The van der Waals surface area contributed by atoms with Crippen molar-refractivity contribution in [2.75, 3.05) is 11.9 Å². The van der Waals surface area contributed by atoms with E-state index in [1.807, 2.05) is 28.8 Å². The van der Waals surface area contributed by atoms with Crippen molar-refractivity contribution in [3.8, 4) is 5.75 Å². The highest BCUT2D eigenvalue weighted by Crippen LogP contribution is 2.39. The number of aromatic nitrogens is 2. The minimum atomic E-state index is -1.08. The summed E-state index contributed by atoms with van der Waals surface area (Å²) in [5.41, 5.74) is 2.12. The largest absolute Gasteiger partial charge is 0.508 e. The van der Waals surface area contributed by atoms with Gasteiger partial charge in [0.2, 0.25) is 11.9 Å². The molecule has 2 N–H and O–H groups in total. The van der Waals surface area contributed by atoms with Crippen molar-refractivity contribution in [1.82, 2.24) is 9.55 Å². The number of aromatic hydroxyl groups is 1. The van der Waals surface area contributed by atoms with E-state index in [-0.39, 0.29) is 12.4 Å². The highest BCUT2D eigenvalue weighted by Gasteiger charge is 2.44. The Balaban J connectivity index is 1.97. The van der Waals surface area contributed by atoms with Gasteiger partial charge in [0.25, 0.3) is 0 Å². The highest BCUT2D eigenvalue weighted by molar-refractivity contribution is 6.07. The Morgan fingerprint density at radius 1 is 1.27 bits per heavy atom. The van der Waals surface area contributed by atoms with Crippen LogP contribution in [0.5, 0.6) is 5.75 Å². The number of imidazole rings is 1. The fraction of sp³-hybridized carbons (Fsp3) is 0.211. The summed E-state index contributed by atoms with van der Waals surface area (Å²) in [5.74, 6) is -1.74. The molecule has 0 radical (unpaired) electrons. The normalized spacial score (nSPS) is 19.0. The Morgan fingerprint density at radius 2 is 2.08 bits per heavy atom. The zero-order valence-corrected chi connectivity index (χ0v) is 14.0. The fourth-order valence-electron chi connectivity index (χ4n) is 3.41. The number of phenolic OH excluding ortho intramolecular Hbond substituents is 1. The molecule has 1 aliphatic rings. The third-order valence-corrected chi connectivity index (χ3v) is 4.46. The van der Waals surface area contributed by atoms with E-state index in [0.29, 0.717) is 17.0 Å². The molecule has 0 bridgehead atoms. The van der Waals surface area contributed by atoms with Crippen LogP contribution in [-0.2, 0) is 14.3 Å². The van der Waals surface area contributed by atoms with E-state index in [4.69, 9.17) is 4.74 Å². The van der Waals surface area contributed by atoms with Crippen LogP contribution >= 0.6 is 0 Å². The van der Waals surface area contributed by atoms with Crippen LogP contribution in [0.25, 0.3) is 11.0 Å². The summed E-state index contributed by atoms with van der Waals surface area (Å²) < 4.78 is 6.95. The molecule has 26 heavy (non-hydrogen) atoms. The summed E-state index contributed by atoms with van der Waals surface area (Å²) >= 11 is 0. The number of phenols is 1. The van der Waals surface area contributed by atoms with Crippen LogP contribution in [-0.4, -0.2) is 33.1 Å². The van der Waals surface area contributed by atoms with E-state index in [2.05, 4.69) is 10.3 Å². The van der Waals surface area contributed by atoms with E-state index >= 15 is 0 Å². The number of nitrogens with zero attached hydrogens (tertiary/aromatic N) is 2. The molecule has 0 spiro atoms. The van der Waals surface area contributed by atoms with Crippen LogP contribution in [0.1, 0.15) is 18.5 Å². The minimum Gasteiger partial charge on any atom is -0.508 e. The lowest BCUT2D eigenvalue weighted by atomic mass is 9.90. The van der Waals surface area contributed by atoms with Crippen molar-refractivity contribution in [3.63, 3.8) is 0 Å².